The summed E-state index contributed by atoms with van der Waals surface area (Å²) >= 11 is 3.26. The van der Waals surface area contributed by atoms with Gasteiger partial charge in [0.25, 0.3) is 0 Å². The zero-order valence-electron chi connectivity index (χ0n) is 17.5. The summed E-state index contributed by atoms with van der Waals surface area (Å²) in [4.78, 5) is 30.6. The lowest BCUT2D eigenvalue weighted by Gasteiger charge is -2.20. The van der Waals surface area contributed by atoms with Crippen LogP contribution in [0.2, 0.25) is 0 Å². The van der Waals surface area contributed by atoms with Gasteiger partial charge in [0.05, 0.1) is 18.6 Å². The number of rotatable bonds is 8. The summed E-state index contributed by atoms with van der Waals surface area (Å²) in [5.41, 5.74) is 1.44. The standard InChI is InChI=1S/C23H22BrFN4O4/c24-21-11-18(33-28-21)12-26-22(30)19(27-23(31)32-14-15-4-2-1-3-5-15)13-29-9-8-16-6-7-17(25)10-20(16)29/h1-10,18-19H,11-14H2,(H,26,30)(H,27,31). The van der Waals surface area contributed by atoms with Crippen LogP contribution in [0.4, 0.5) is 9.18 Å². The average molecular weight is 517 g/mol. The van der Waals surface area contributed by atoms with Crippen LogP contribution in [-0.2, 0) is 27.5 Å². The van der Waals surface area contributed by atoms with Crippen LogP contribution in [0.3, 0.4) is 0 Å². The van der Waals surface area contributed by atoms with Crippen LogP contribution < -0.4 is 10.6 Å². The zero-order valence-corrected chi connectivity index (χ0v) is 19.1. The molecule has 0 aliphatic carbocycles. The number of carbonyl (C=O) groups excluding carboxylic acids is 2. The smallest absolute Gasteiger partial charge is 0.408 e. The van der Waals surface area contributed by atoms with Crippen molar-refractivity contribution in [2.24, 2.45) is 5.16 Å². The van der Waals surface area contributed by atoms with E-state index < -0.39 is 18.0 Å². The number of fused-ring (bicyclic) bond motifs is 1. The van der Waals surface area contributed by atoms with Gasteiger partial charge in [-0.15, -0.1) is 0 Å². The van der Waals surface area contributed by atoms with Gasteiger partial charge in [-0.2, -0.15) is 0 Å². The molecular formula is C23H22BrFN4O4. The Balaban J connectivity index is 1.43. The quantitative estimate of drug-likeness (QED) is 0.477. The number of hydrogen-bond donors (Lipinski definition) is 2. The molecule has 3 aromatic rings. The number of carbonyl (C=O) groups is 2. The van der Waals surface area contributed by atoms with Gasteiger partial charge in [-0.25, -0.2) is 9.18 Å². The molecule has 2 N–H and O–H groups in total. The van der Waals surface area contributed by atoms with Crippen LogP contribution >= 0.6 is 15.9 Å². The number of alkyl carbamates (subject to hydrolysis) is 1. The number of oxime groups is 1. The monoisotopic (exact) mass is 516 g/mol. The third kappa shape index (κ3) is 6.10. The summed E-state index contributed by atoms with van der Waals surface area (Å²) in [6, 6.07) is 14.5. The minimum atomic E-state index is -0.960. The predicted molar refractivity (Wildman–Crippen MR) is 124 cm³/mol. The molecule has 8 nitrogen and oxygen atoms in total. The summed E-state index contributed by atoms with van der Waals surface area (Å²) in [5.74, 6) is -0.806. The van der Waals surface area contributed by atoms with E-state index in [2.05, 4.69) is 31.7 Å². The van der Waals surface area contributed by atoms with Crippen molar-refractivity contribution < 1.29 is 23.6 Å². The molecule has 2 aromatic carbocycles. The van der Waals surface area contributed by atoms with Crippen LogP contribution in [-0.4, -0.2) is 39.9 Å². The maximum absolute atomic E-state index is 13.8. The lowest BCUT2D eigenvalue weighted by atomic mass is 10.2. The van der Waals surface area contributed by atoms with Gasteiger partial charge in [0.1, 0.15) is 23.1 Å². The van der Waals surface area contributed by atoms with Gasteiger partial charge >= 0.3 is 6.09 Å². The average Bonchev–Trinajstić information content (AvgIpc) is 3.42. The van der Waals surface area contributed by atoms with E-state index in [0.717, 1.165) is 10.9 Å². The minimum Gasteiger partial charge on any atom is -0.445 e. The fourth-order valence-electron chi connectivity index (χ4n) is 3.46. The molecule has 1 aromatic heterocycles. The van der Waals surface area contributed by atoms with E-state index >= 15 is 0 Å². The Labute approximate surface area is 197 Å². The SMILES string of the molecule is O=C(NC(Cn1ccc2ccc(F)cc21)C(=O)NCC1CC(Br)=NO1)OCc1ccccc1. The van der Waals surface area contributed by atoms with Gasteiger partial charge < -0.3 is 24.8 Å². The lowest BCUT2D eigenvalue weighted by Crippen LogP contribution is -2.50. The van der Waals surface area contributed by atoms with E-state index in [1.54, 1.807) is 16.8 Å². The molecule has 2 heterocycles. The number of hydrogen-bond acceptors (Lipinski definition) is 5. The minimum absolute atomic E-state index is 0.0694. The first-order valence-corrected chi connectivity index (χ1v) is 11.1. The Kier molecular flexibility index (Phi) is 7.23. The Hall–Kier alpha value is -3.40. The van der Waals surface area contributed by atoms with E-state index in [1.807, 2.05) is 36.4 Å². The largest absolute Gasteiger partial charge is 0.445 e. The fraction of sp³-hybridized carbons (Fsp3) is 0.261. The predicted octanol–water partition coefficient (Wildman–Crippen LogP) is 3.69. The Bertz CT molecular complexity index is 1170. The molecule has 0 spiro atoms. The molecule has 10 heteroatoms. The maximum atomic E-state index is 13.8. The first-order valence-electron chi connectivity index (χ1n) is 10.4. The Morgan fingerprint density at radius 3 is 2.82 bits per heavy atom. The third-order valence-corrected chi connectivity index (χ3v) is 5.61. The molecule has 0 saturated carbocycles. The van der Waals surface area contributed by atoms with Crippen LogP contribution in [0.5, 0.6) is 0 Å². The van der Waals surface area contributed by atoms with E-state index in [0.29, 0.717) is 16.6 Å². The second-order valence-electron chi connectivity index (χ2n) is 7.57. The summed E-state index contributed by atoms with van der Waals surface area (Å²) in [5, 5.41) is 10.0. The molecule has 0 bridgehead atoms. The van der Waals surface area contributed by atoms with Gasteiger partial charge in [-0.1, -0.05) is 35.5 Å². The number of nitrogens with zero attached hydrogens (tertiary/aromatic N) is 2. The molecule has 2 atom stereocenters. The van der Waals surface area contributed by atoms with Crippen molar-refractivity contribution in [1.29, 1.82) is 0 Å². The summed E-state index contributed by atoms with van der Waals surface area (Å²) < 4.78 is 21.4. The van der Waals surface area contributed by atoms with Crippen molar-refractivity contribution >= 4 is 43.5 Å². The van der Waals surface area contributed by atoms with Crippen LogP contribution in [0, 0.1) is 5.82 Å². The second kappa shape index (κ2) is 10.5. The highest BCUT2D eigenvalue weighted by Crippen LogP contribution is 2.18. The van der Waals surface area contributed by atoms with Gasteiger partial charge in [0, 0.05) is 12.6 Å². The molecule has 2 amide bonds. The van der Waals surface area contributed by atoms with Crippen molar-refractivity contribution in [3.8, 4) is 0 Å². The molecule has 4 rings (SSSR count). The van der Waals surface area contributed by atoms with Crippen molar-refractivity contribution in [2.75, 3.05) is 6.54 Å². The number of aromatic nitrogens is 1. The topological polar surface area (TPSA) is 94.0 Å². The van der Waals surface area contributed by atoms with E-state index in [4.69, 9.17) is 9.57 Å². The van der Waals surface area contributed by atoms with Crippen LogP contribution in [0.25, 0.3) is 10.9 Å². The lowest BCUT2D eigenvalue weighted by molar-refractivity contribution is -0.124. The maximum Gasteiger partial charge on any atom is 0.408 e. The first-order chi connectivity index (χ1) is 16.0. The molecule has 0 radical (unpaired) electrons. The Morgan fingerprint density at radius 2 is 2.06 bits per heavy atom. The molecule has 1 aliphatic heterocycles. The number of nitrogens with one attached hydrogen (secondary N) is 2. The van der Waals surface area contributed by atoms with E-state index in [-0.39, 0.29) is 31.6 Å². The fourth-order valence-corrected chi connectivity index (χ4v) is 3.90. The molecule has 0 saturated heterocycles. The van der Waals surface area contributed by atoms with Crippen LogP contribution in [0.15, 0.2) is 65.9 Å². The Morgan fingerprint density at radius 1 is 1.24 bits per heavy atom. The highest BCUT2D eigenvalue weighted by molar-refractivity contribution is 9.18. The molecule has 1 aliphatic rings. The number of amides is 2. The molecular weight excluding hydrogens is 495 g/mol. The summed E-state index contributed by atoms with van der Waals surface area (Å²) in [7, 11) is 0. The molecule has 0 fully saturated rings. The molecule has 2 unspecified atom stereocenters. The normalized spacial score (nSPS) is 16.1. The van der Waals surface area contributed by atoms with Crippen molar-refractivity contribution in [3.63, 3.8) is 0 Å². The van der Waals surface area contributed by atoms with Gasteiger partial charge in [0.15, 0.2) is 6.10 Å². The van der Waals surface area contributed by atoms with E-state index in [1.165, 1.54) is 12.1 Å². The number of ether oxygens (including phenoxy) is 1. The van der Waals surface area contributed by atoms with E-state index in [9.17, 15) is 14.0 Å². The summed E-state index contributed by atoms with van der Waals surface area (Å²) in [6.07, 6.45) is 1.26. The first kappa shape index (κ1) is 22.8. The number of benzene rings is 2. The van der Waals surface area contributed by atoms with Crippen molar-refractivity contribution in [1.82, 2.24) is 15.2 Å². The summed E-state index contributed by atoms with van der Waals surface area (Å²) in [6.45, 7) is 0.376. The second-order valence-corrected chi connectivity index (χ2v) is 8.49. The number of halogens is 2. The third-order valence-electron chi connectivity index (χ3n) is 5.14. The van der Waals surface area contributed by atoms with Crippen molar-refractivity contribution in [2.45, 2.75) is 31.7 Å². The molecule has 33 heavy (non-hydrogen) atoms. The van der Waals surface area contributed by atoms with Crippen LogP contribution in [0.1, 0.15) is 12.0 Å². The van der Waals surface area contributed by atoms with Crippen molar-refractivity contribution in [3.05, 3.63) is 72.2 Å². The molecule has 172 valence electrons. The van der Waals surface area contributed by atoms with Gasteiger partial charge in [0.2, 0.25) is 5.91 Å². The zero-order chi connectivity index (χ0) is 23.2. The van der Waals surface area contributed by atoms with Gasteiger partial charge in [-0.05, 0) is 51.1 Å². The highest BCUT2D eigenvalue weighted by Gasteiger charge is 2.25. The highest BCUT2D eigenvalue weighted by atomic mass is 79.9. The van der Waals surface area contributed by atoms with Gasteiger partial charge in [-0.3, -0.25) is 4.79 Å².